The van der Waals surface area contributed by atoms with Gasteiger partial charge in [-0.25, -0.2) is 4.98 Å². The molecule has 3 aromatic rings. The van der Waals surface area contributed by atoms with Gasteiger partial charge >= 0.3 is 0 Å². The van der Waals surface area contributed by atoms with Gasteiger partial charge < -0.3 is 10.2 Å². The second-order valence-electron chi connectivity index (χ2n) is 6.82. The zero-order chi connectivity index (χ0) is 19.5. The van der Waals surface area contributed by atoms with Crippen molar-refractivity contribution in [3.63, 3.8) is 0 Å². The number of carbonyl (C=O) groups is 1. The lowest BCUT2D eigenvalue weighted by molar-refractivity contribution is -0.121. The van der Waals surface area contributed by atoms with Crippen molar-refractivity contribution in [1.29, 1.82) is 0 Å². The third kappa shape index (κ3) is 3.91. The number of amides is 1. The number of benzene rings is 1. The van der Waals surface area contributed by atoms with E-state index in [0.29, 0.717) is 28.8 Å². The van der Waals surface area contributed by atoms with Crippen LogP contribution in [0.3, 0.4) is 0 Å². The molecule has 6 nitrogen and oxygen atoms in total. The van der Waals surface area contributed by atoms with E-state index in [-0.39, 0.29) is 17.9 Å². The van der Waals surface area contributed by atoms with Gasteiger partial charge in [0.05, 0.1) is 5.52 Å². The summed E-state index contributed by atoms with van der Waals surface area (Å²) in [6.07, 6.45) is 2.40. The van der Waals surface area contributed by atoms with E-state index >= 15 is 0 Å². The maximum Gasteiger partial charge on any atom is 0.272 e. The van der Waals surface area contributed by atoms with Crippen LogP contribution in [0.4, 0.5) is 5.95 Å². The van der Waals surface area contributed by atoms with E-state index in [9.17, 15) is 9.59 Å². The summed E-state index contributed by atoms with van der Waals surface area (Å²) in [7, 11) is 0. The topological polar surface area (TPSA) is 67.2 Å². The zero-order valence-electron chi connectivity index (χ0n) is 15.4. The summed E-state index contributed by atoms with van der Waals surface area (Å²) < 4.78 is 2.29. The molecule has 0 unspecified atom stereocenters. The minimum absolute atomic E-state index is 0.0687. The van der Waals surface area contributed by atoms with E-state index in [0.717, 1.165) is 37.0 Å². The molecule has 4 rings (SSSR count). The molecule has 1 aromatic carbocycles. The van der Waals surface area contributed by atoms with Crippen LogP contribution in [0.2, 0.25) is 5.02 Å². The molecule has 2 aromatic heterocycles. The average molecular weight is 417 g/mol. The lowest BCUT2D eigenvalue weighted by Gasteiger charge is -2.21. The van der Waals surface area contributed by atoms with Crippen molar-refractivity contribution in [3.8, 4) is 0 Å². The number of halogens is 1. The molecular weight excluding hydrogens is 396 g/mol. The van der Waals surface area contributed by atoms with Crippen LogP contribution in [0, 0.1) is 0 Å². The Morgan fingerprint density at radius 1 is 1.21 bits per heavy atom. The Morgan fingerprint density at radius 2 is 2.00 bits per heavy atom. The van der Waals surface area contributed by atoms with E-state index in [2.05, 4.69) is 10.2 Å². The van der Waals surface area contributed by atoms with Crippen molar-refractivity contribution < 1.29 is 4.79 Å². The number of fused-ring (bicyclic) bond motifs is 1. The van der Waals surface area contributed by atoms with E-state index < -0.39 is 0 Å². The second-order valence-corrected chi connectivity index (χ2v) is 8.14. The van der Waals surface area contributed by atoms with Crippen molar-refractivity contribution in [3.05, 3.63) is 56.7 Å². The van der Waals surface area contributed by atoms with Gasteiger partial charge in [-0.1, -0.05) is 29.8 Å². The molecule has 0 spiro atoms. The molecular formula is C20H21ClN4O2S. The van der Waals surface area contributed by atoms with Gasteiger partial charge in [0.25, 0.3) is 5.56 Å². The molecule has 3 heterocycles. The predicted molar refractivity (Wildman–Crippen MR) is 113 cm³/mol. The number of carbonyl (C=O) groups excluding carboxylic acids is 1. The lowest BCUT2D eigenvalue weighted by atomic mass is 10.2. The highest BCUT2D eigenvalue weighted by molar-refractivity contribution is 7.17. The monoisotopic (exact) mass is 416 g/mol. The maximum absolute atomic E-state index is 13.0. The summed E-state index contributed by atoms with van der Waals surface area (Å²) in [4.78, 5) is 32.2. The van der Waals surface area contributed by atoms with Crippen LogP contribution in [0.5, 0.6) is 0 Å². The zero-order valence-corrected chi connectivity index (χ0v) is 16.9. The summed E-state index contributed by atoms with van der Waals surface area (Å²) in [5, 5.41) is 5.39. The maximum atomic E-state index is 13.0. The summed E-state index contributed by atoms with van der Waals surface area (Å²) in [5.74, 6) is 0.553. The molecule has 0 saturated carbocycles. The van der Waals surface area contributed by atoms with Crippen molar-refractivity contribution in [2.24, 2.45) is 0 Å². The molecule has 0 radical (unpaired) electrons. The largest absolute Gasteiger partial charge is 0.352 e. The van der Waals surface area contributed by atoms with Crippen LogP contribution >= 0.6 is 22.9 Å². The molecule has 1 fully saturated rings. The van der Waals surface area contributed by atoms with Gasteiger partial charge in [0.1, 0.15) is 4.70 Å². The molecule has 8 heteroatoms. The minimum atomic E-state index is -0.120. The molecule has 0 bridgehead atoms. The molecule has 0 atom stereocenters. The first-order valence-electron chi connectivity index (χ1n) is 9.36. The van der Waals surface area contributed by atoms with E-state index in [1.54, 1.807) is 10.6 Å². The highest BCUT2D eigenvalue weighted by atomic mass is 35.5. The van der Waals surface area contributed by atoms with Crippen molar-refractivity contribution in [1.82, 2.24) is 14.9 Å². The highest BCUT2D eigenvalue weighted by Gasteiger charge is 2.21. The van der Waals surface area contributed by atoms with Crippen LogP contribution in [-0.4, -0.2) is 28.5 Å². The summed E-state index contributed by atoms with van der Waals surface area (Å²) >= 11 is 7.52. The third-order valence-electron chi connectivity index (χ3n) is 4.93. The second kappa shape index (κ2) is 8.32. The Hall–Kier alpha value is -2.38. The number of thiophene rings is 1. The normalized spacial score (nSPS) is 14.0. The molecule has 146 valence electrons. The highest BCUT2D eigenvalue weighted by Crippen LogP contribution is 2.22. The number of nitrogens with zero attached hydrogens (tertiary/aromatic N) is 3. The summed E-state index contributed by atoms with van der Waals surface area (Å²) in [5.41, 5.74) is 1.53. The van der Waals surface area contributed by atoms with Crippen LogP contribution < -0.4 is 15.8 Å². The molecule has 1 N–H and O–H groups in total. The first kappa shape index (κ1) is 19.0. The van der Waals surface area contributed by atoms with Crippen molar-refractivity contribution >= 4 is 45.0 Å². The van der Waals surface area contributed by atoms with E-state index in [1.807, 2.05) is 29.6 Å². The lowest BCUT2D eigenvalue weighted by Crippen LogP contribution is -2.32. The van der Waals surface area contributed by atoms with Crippen LogP contribution in [0.25, 0.3) is 10.2 Å². The fourth-order valence-corrected chi connectivity index (χ4v) is 4.41. The van der Waals surface area contributed by atoms with Gasteiger partial charge in [0.2, 0.25) is 11.9 Å². The van der Waals surface area contributed by atoms with Crippen molar-refractivity contribution in [2.75, 3.05) is 18.0 Å². The van der Waals surface area contributed by atoms with Crippen LogP contribution in [0.1, 0.15) is 24.8 Å². The van der Waals surface area contributed by atoms with E-state index in [1.165, 1.54) is 11.3 Å². The number of hydrogen-bond acceptors (Lipinski definition) is 5. The molecule has 1 aliphatic rings. The first-order valence-corrected chi connectivity index (χ1v) is 10.6. The molecule has 1 saturated heterocycles. The third-order valence-corrected chi connectivity index (χ3v) is 6.19. The Bertz CT molecular complexity index is 1060. The standard InChI is InChI=1S/C20H21ClN4O2S/c21-15-6-2-1-5-14(15)13-22-17(26)7-11-25-19(27)18-16(8-12-28-18)23-20(25)24-9-3-4-10-24/h1-2,5-6,8,12H,3-4,7,9-11,13H2,(H,22,26). The Labute approximate surface area is 171 Å². The average Bonchev–Trinajstić information content (AvgIpc) is 3.38. The van der Waals surface area contributed by atoms with Gasteiger partial charge in [0.15, 0.2) is 0 Å². The Morgan fingerprint density at radius 3 is 2.79 bits per heavy atom. The number of hydrogen-bond donors (Lipinski definition) is 1. The van der Waals surface area contributed by atoms with Crippen molar-refractivity contribution in [2.45, 2.75) is 32.4 Å². The van der Waals surface area contributed by atoms with E-state index in [4.69, 9.17) is 16.6 Å². The fraction of sp³-hybridized carbons (Fsp3) is 0.350. The Balaban J connectivity index is 1.50. The predicted octanol–water partition coefficient (Wildman–Crippen LogP) is 3.42. The first-order chi connectivity index (χ1) is 13.6. The van der Waals surface area contributed by atoms with Gasteiger partial charge in [-0.2, -0.15) is 0 Å². The van der Waals surface area contributed by atoms with Gasteiger partial charge in [-0.3, -0.25) is 14.2 Å². The van der Waals surface area contributed by atoms with Crippen LogP contribution in [-0.2, 0) is 17.9 Å². The number of aromatic nitrogens is 2. The Kier molecular flexibility index (Phi) is 5.64. The SMILES string of the molecule is O=C(CCn1c(N2CCCC2)nc2ccsc2c1=O)NCc1ccccc1Cl. The van der Waals surface area contributed by atoms with Gasteiger partial charge in [0, 0.05) is 37.6 Å². The minimum Gasteiger partial charge on any atom is -0.352 e. The fourth-order valence-electron chi connectivity index (χ4n) is 3.43. The summed E-state index contributed by atoms with van der Waals surface area (Å²) in [6.45, 7) is 2.45. The van der Waals surface area contributed by atoms with Gasteiger partial charge in [-0.05, 0) is 35.9 Å². The number of rotatable bonds is 6. The quantitative estimate of drug-likeness (QED) is 0.668. The molecule has 28 heavy (non-hydrogen) atoms. The number of nitrogens with one attached hydrogen (secondary N) is 1. The van der Waals surface area contributed by atoms with Crippen LogP contribution in [0.15, 0.2) is 40.5 Å². The molecule has 0 aliphatic carbocycles. The summed E-state index contributed by atoms with van der Waals surface area (Å²) in [6, 6.07) is 9.30. The molecule has 1 amide bonds. The molecule has 1 aliphatic heterocycles. The smallest absolute Gasteiger partial charge is 0.272 e. The number of anilines is 1. The van der Waals surface area contributed by atoms with Gasteiger partial charge in [-0.15, -0.1) is 11.3 Å².